The molecule has 2 rings (SSSR count). The molecule has 4 heteroatoms. The molecule has 0 spiro atoms. The third kappa shape index (κ3) is 2.29. The molecule has 2 aromatic rings. The summed E-state index contributed by atoms with van der Waals surface area (Å²) in [5.41, 5.74) is 2.10. The van der Waals surface area contributed by atoms with Gasteiger partial charge in [0.2, 0.25) is 0 Å². The molecule has 2 aromatic heterocycles. The number of ether oxygens (including phenoxy) is 1. The van der Waals surface area contributed by atoms with Gasteiger partial charge in [0.1, 0.15) is 6.61 Å². The van der Waals surface area contributed by atoms with Crippen molar-refractivity contribution in [2.45, 2.75) is 13.5 Å². The van der Waals surface area contributed by atoms with E-state index in [0.717, 1.165) is 16.5 Å². The fourth-order valence-electron chi connectivity index (χ4n) is 1.02. The fraction of sp³-hybridized carbons (Fsp3) is 0.200. The zero-order valence-electron chi connectivity index (χ0n) is 7.80. The van der Waals surface area contributed by atoms with E-state index in [4.69, 9.17) is 4.74 Å². The summed E-state index contributed by atoms with van der Waals surface area (Å²) in [5.74, 6) is 0. The lowest BCUT2D eigenvalue weighted by molar-refractivity contribution is 0.304. The maximum absolute atomic E-state index is 5.49. The number of aryl methyl sites for hydroxylation is 1. The van der Waals surface area contributed by atoms with E-state index in [-0.39, 0.29) is 0 Å². The molecule has 0 amide bonds. The Labute approximate surface area is 86.4 Å². The SMILES string of the molecule is Cc1csc(OCc2ccncc2)n1. The summed E-state index contributed by atoms with van der Waals surface area (Å²) in [6.45, 7) is 2.51. The van der Waals surface area contributed by atoms with Gasteiger partial charge in [-0.25, -0.2) is 4.98 Å². The Morgan fingerprint density at radius 1 is 1.36 bits per heavy atom. The summed E-state index contributed by atoms with van der Waals surface area (Å²) >= 11 is 1.52. The van der Waals surface area contributed by atoms with Gasteiger partial charge in [0, 0.05) is 17.8 Å². The summed E-state index contributed by atoms with van der Waals surface area (Å²) in [6.07, 6.45) is 3.51. The van der Waals surface area contributed by atoms with E-state index in [2.05, 4.69) is 9.97 Å². The Hall–Kier alpha value is -1.42. The second kappa shape index (κ2) is 4.19. The summed E-state index contributed by atoms with van der Waals surface area (Å²) in [7, 11) is 0. The van der Waals surface area contributed by atoms with Crippen LogP contribution in [0.5, 0.6) is 5.19 Å². The Bertz CT molecular complexity index is 400. The van der Waals surface area contributed by atoms with Crippen molar-refractivity contribution in [1.29, 1.82) is 0 Å². The van der Waals surface area contributed by atoms with Crippen LogP contribution in [0.25, 0.3) is 0 Å². The number of pyridine rings is 1. The van der Waals surface area contributed by atoms with E-state index in [1.54, 1.807) is 12.4 Å². The highest BCUT2D eigenvalue weighted by Gasteiger charge is 1.99. The van der Waals surface area contributed by atoms with E-state index in [1.165, 1.54) is 11.3 Å². The van der Waals surface area contributed by atoms with E-state index >= 15 is 0 Å². The molecule has 0 fully saturated rings. The van der Waals surface area contributed by atoms with Crippen LogP contribution in [0.3, 0.4) is 0 Å². The van der Waals surface area contributed by atoms with Crippen LogP contribution in [-0.2, 0) is 6.61 Å². The van der Waals surface area contributed by atoms with Gasteiger partial charge in [-0.15, -0.1) is 0 Å². The number of hydrogen-bond donors (Lipinski definition) is 0. The Balaban J connectivity index is 1.95. The second-order valence-corrected chi connectivity index (χ2v) is 3.72. The normalized spacial score (nSPS) is 10.1. The molecule has 2 heterocycles. The lowest BCUT2D eigenvalue weighted by Crippen LogP contribution is -1.94. The van der Waals surface area contributed by atoms with Crippen LogP contribution in [0.15, 0.2) is 29.9 Å². The lowest BCUT2D eigenvalue weighted by Gasteiger charge is -2.00. The lowest BCUT2D eigenvalue weighted by atomic mass is 10.3. The third-order valence-corrected chi connectivity index (χ3v) is 2.58. The van der Waals surface area contributed by atoms with Crippen LogP contribution in [0, 0.1) is 6.92 Å². The second-order valence-electron chi connectivity index (χ2n) is 2.90. The maximum atomic E-state index is 5.49. The molecule has 72 valence electrons. The van der Waals surface area contributed by atoms with Crippen LogP contribution in [0.1, 0.15) is 11.3 Å². The highest BCUT2D eigenvalue weighted by atomic mass is 32.1. The first kappa shape index (κ1) is 9.15. The first-order chi connectivity index (χ1) is 6.84. The summed E-state index contributed by atoms with van der Waals surface area (Å²) in [6, 6.07) is 3.86. The largest absolute Gasteiger partial charge is 0.465 e. The Morgan fingerprint density at radius 2 is 2.14 bits per heavy atom. The van der Waals surface area contributed by atoms with Crippen molar-refractivity contribution in [2.24, 2.45) is 0 Å². The number of rotatable bonds is 3. The van der Waals surface area contributed by atoms with Crippen molar-refractivity contribution in [3.63, 3.8) is 0 Å². The van der Waals surface area contributed by atoms with E-state index in [1.807, 2.05) is 24.4 Å². The maximum Gasteiger partial charge on any atom is 0.273 e. The predicted molar refractivity (Wildman–Crippen MR) is 55.4 cm³/mol. The molecule has 0 aliphatic rings. The molecular formula is C10H10N2OS. The van der Waals surface area contributed by atoms with E-state index in [0.29, 0.717) is 6.61 Å². The van der Waals surface area contributed by atoms with Gasteiger partial charge in [0.15, 0.2) is 0 Å². The highest BCUT2D eigenvalue weighted by molar-refractivity contribution is 7.11. The minimum Gasteiger partial charge on any atom is -0.465 e. The van der Waals surface area contributed by atoms with Gasteiger partial charge in [0.05, 0.1) is 5.69 Å². The molecule has 0 saturated carbocycles. The van der Waals surface area contributed by atoms with Gasteiger partial charge in [-0.3, -0.25) is 4.98 Å². The van der Waals surface area contributed by atoms with Crippen LogP contribution >= 0.6 is 11.3 Å². The summed E-state index contributed by atoms with van der Waals surface area (Å²) < 4.78 is 5.49. The minimum absolute atomic E-state index is 0.551. The van der Waals surface area contributed by atoms with Crippen LogP contribution in [0.4, 0.5) is 0 Å². The molecule has 0 aromatic carbocycles. The molecule has 0 atom stereocenters. The predicted octanol–water partition coefficient (Wildman–Crippen LogP) is 2.43. The molecule has 0 saturated heterocycles. The van der Waals surface area contributed by atoms with E-state index < -0.39 is 0 Å². The van der Waals surface area contributed by atoms with E-state index in [9.17, 15) is 0 Å². The van der Waals surface area contributed by atoms with Crippen molar-refractivity contribution >= 4 is 11.3 Å². The highest BCUT2D eigenvalue weighted by Crippen LogP contribution is 2.18. The molecule has 0 aliphatic carbocycles. The summed E-state index contributed by atoms with van der Waals surface area (Å²) in [5, 5.41) is 2.70. The van der Waals surface area contributed by atoms with Crippen molar-refractivity contribution in [3.05, 3.63) is 41.2 Å². The first-order valence-electron chi connectivity index (χ1n) is 4.28. The molecule has 0 aliphatic heterocycles. The van der Waals surface area contributed by atoms with Gasteiger partial charge in [-0.1, -0.05) is 11.3 Å². The van der Waals surface area contributed by atoms with Gasteiger partial charge in [-0.05, 0) is 24.6 Å². The molecule has 0 unspecified atom stereocenters. The molecule has 0 radical (unpaired) electrons. The van der Waals surface area contributed by atoms with Gasteiger partial charge in [0.25, 0.3) is 5.19 Å². The first-order valence-corrected chi connectivity index (χ1v) is 5.16. The number of hydrogen-bond acceptors (Lipinski definition) is 4. The van der Waals surface area contributed by atoms with Crippen molar-refractivity contribution in [1.82, 2.24) is 9.97 Å². The molecular weight excluding hydrogens is 196 g/mol. The quantitative estimate of drug-likeness (QED) is 0.773. The van der Waals surface area contributed by atoms with Gasteiger partial charge >= 0.3 is 0 Å². The fourth-order valence-corrected chi connectivity index (χ4v) is 1.67. The number of nitrogens with zero attached hydrogens (tertiary/aromatic N) is 2. The standard InChI is InChI=1S/C10H10N2OS/c1-8-7-14-10(12-8)13-6-9-2-4-11-5-3-9/h2-5,7H,6H2,1H3. The third-order valence-electron chi connectivity index (χ3n) is 1.71. The number of thiazole rings is 1. The molecule has 14 heavy (non-hydrogen) atoms. The minimum atomic E-state index is 0.551. The van der Waals surface area contributed by atoms with Gasteiger partial charge < -0.3 is 4.74 Å². The van der Waals surface area contributed by atoms with Crippen molar-refractivity contribution in [3.8, 4) is 5.19 Å². The number of aromatic nitrogens is 2. The van der Waals surface area contributed by atoms with Crippen LogP contribution in [-0.4, -0.2) is 9.97 Å². The van der Waals surface area contributed by atoms with Crippen LogP contribution < -0.4 is 4.74 Å². The zero-order valence-corrected chi connectivity index (χ0v) is 8.62. The summed E-state index contributed by atoms with van der Waals surface area (Å²) in [4.78, 5) is 8.14. The monoisotopic (exact) mass is 206 g/mol. The smallest absolute Gasteiger partial charge is 0.273 e. The van der Waals surface area contributed by atoms with Gasteiger partial charge in [-0.2, -0.15) is 0 Å². The Kier molecular flexibility index (Phi) is 2.74. The van der Waals surface area contributed by atoms with Crippen molar-refractivity contribution in [2.75, 3.05) is 0 Å². The zero-order chi connectivity index (χ0) is 9.80. The topological polar surface area (TPSA) is 35.0 Å². The molecule has 0 bridgehead atoms. The molecule has 3 nitrogen and oxygen atoms in total. The Morgan fingerprint density at radius 3 is 2.79 bits per heavy atom. The van der Waals surface area contributed by atoms with Crippen molar-refractivity contribution < 1.29 is 4.74 Å². The molecule has 0 N–H and O–H groups in total. The van der Waals surface area contributed by atoms with Crippen LogP contribution in [0.2, 0.25) is 0 Å². The average Bonchev–Trinajstić information content (AvgIpc) is 2.63. The average molecular weight is 206 g/mol.